The molecule has 1 N–H and O–H groups in total. The lowest BCUT2D eigenvalue weighted by atomic mass is 10.1. The Labute approximate surface area is 156 Å². The third-order valence-electron chi connectivity index (χ3n) is 3.82. The molecule has 2 heterocycles. The monoisotopic (exact) mass is 371 g/mol. The summed E-state index contributed by atoms with van der Waals surface area (Å²) in [6.45, 7) is 6.15. The molecule has 0 aliphatic carbocycles. The highest BCUT2D eigenvalue weighted by atomic mass is 32.1. The number of aryl methyl sites for hydroxylation is 3. The van der Waals surface area contributed by atoms with Gasteiger partial charge in [0.05, 0.1) is 22.8 Å². The van der Waals surface area contributed by atoms with Gasteiger partial charge in [0.1, 0.15) is 0 Å². The summed E-state index contributed by atoms with van der Waals surface area (Å²) in [6.07, 6.45) is 2.52. The number of anilines is 1. The van der Waals surface area contributed by atoms with Gasteiger partial charge in [0.25, 0.3) is 0 Å². The quantitative estimate of drug-likeness (QED) is 0.662. The Balaban J connectivity index is 1.70. The number of benzene rings is 1. The normalized spacial score (nSPS) is 10.8. The van der Waals surface area contributed by atoms with Gasteiger partial charge in [-0.1, -0.05) is 37.6 Å². The minimum Gasteiger partial charge on any atom is -0.302 e. The summed E-state index contributed by atoms with van der Waals surface area (Å²) in [5.74, 6) is -0.0797. The summed E-state index contributed by atoms with van der Waals surface area (Å²) in [5, 5.41) is 6.43. The Morgan fingerprint density at radius 2 is 1.92 bits per heavy atom. The molecule has 0 aliphatic rings. The minimum absolute atomic E-state index is 0.0797. The summed E-state index contributed by atoms with van der Waals surface area (Å²) in [5.41, 5.74) is 4.17. The van der Waals surface area contributed by atoms with Gasteiger partial charge >= 0.3 is 0 Å². The zero-order valence-electron chi connectivity index (χ0n) is 14.6. The zero-order valence-corrected chi connectivity index (χ0v) is 16.3. The van der Waals surface area contributed by atoms with Gasteiger partial charge in [-0.15, -0.1) is 22.7 Å². The van der Waals surface area contributed by atoms with Crippen molar-refractivity contribution in [1.29, 1.82) is 0 Å². The molecule has 0 radical (unpaired) electrons. The SMILES string of the molecule is CCCc1ccc(-c2nc(NC(=O)Cc3csc(C)n3)sc2C)cc1. The van der Waals surface area contributed by atoms with E-state index in [1.54, 1.807) is 11.3 Å². The number of amides is 1. The van der Waals surface area contributed by atoms with E-state index in [2.05, 4.69) is 46.5 Å². The molecule has 0 unspecified atom stereocenters. The Morgan fingerprint density at radius 3 is 2.56 bits per heavy atom. The Bertz CT molecular complexity index is 865. The molecule has 1 amide bonds. The fraction of sp³-hybridized carbons (Fsp3) is 0.316. The van der Waals surface area contributed by atoms with Crippen LogP contribution < -0.4 is 5.32 Å². The zero-order chi connectivity index (χ0) is 17.8. The summed E-state index contributed by atoms with van der Waals surface area (Å²) < 4.78 is 0. The molecular formula is C19H21N3OS2. The molecule has 25 heavy (non-hydrogen) atoms. The molecule has 2 aromatic heterocycles. The predicted octanol–water partition coefficient (Wildman–Crippen LogP) is 5.02. The van der Waals surface area contributed by atoms with Crippen LogP contribution in [0.4, 0.5) is 5.13 Å². The Hall–Kier alpha value is -2.05. The molecular weight excluding hydrogens is 350 g/mol. The first-order valence-electron chi connectivity index (χ1n) is 8.32. The van der Waals surface area contributed by atoms with Crippen LogP contribution >= 0.6 is 22.7 Å². The number of nitrogens with one attached hydrogen (secondary N) is 1. The summed E-state index contributed by atoms with van der Waals surface area (Å²) in [4.78, 5) is 22.2. The first-order chi connectivity index (χ1) is 12.0. The van der Waals surface area contributed by atoms with Gasteiger partial charge in [-0.3, -0.25) is 4.79 Å². The Kier molecular flexibility index (Phi) is 5.60. The van der Waals surface area contributed by atoms with Gasteiger partial charge in [-0.25, -0.2) is 9.97 Å². The van der Waals surface area contributed by atoms with Gasteiger partial charge in [-0.2, -0.15) is 0 Å². The second-order valence-corrected chi connectivity index (χ2v) is 8.22. The second-order valence-electron chi connectivity index (χ2n) is 5.95. The van der Waals surface area contributed by atoms with Crippen molar-refractivity contribution in [2.75, 3.05) is 5.32 Å². The maximum Gasteiger partial charge on any atom is 0.232 e. The van der Waals surface area contributed by atoms with E-state index < -0.39 is 0 Å². The third-order valence-corrected chi connectivity index (χ3v) is 5.53. The van der Waals surface area contributed by atoms with Gasteiger partial charge in [-0.05, 0) is 25.8 Å². The van der Waals surface area contributed by atoms with Crippen molar-refractivity contribution in [2.24, 2.45) is 0 Å². The van der Waals surface area contributed by atoms with E-state index >= 15 is 0 Å². The molecule has 3 aromatic rings. The van der Waals surface area contributed by atoms with Gasteiger partial charge < -0.3 is 5.32 Å². The van der Waals surface area contributed by atoms with Gasteiger partial charge in [0, 0.05) is 15.8 Å². The van der Waals surface area contributed by atoms with Crippen molar-refractivity contribution in [3.05, 3.63) is 50.8 Å². The number of rotatable bonds is 6. The van der Waals surface area contributed by atoms with Crippen LogP contribution in [-0.4, -0.2) is 15.9 Å². The predicted molar refractivity (Wildman–Crippen MR) is 105 cm³/mol. The smallest absolute Gasteiger partial charge is 0.232 e. The lowest BCUT2D eigenvalue weighted by Crippen LogP contribution is -2.14. The number of hydrogen-bond donors (Lipinski definition) is 1. The van der Waals surface area contributed by atoms with E-state index in [0.717, 1.165) is 39.7 Å². The van der Waals surface area contributed by atoms with Crippen molar-refractivity contribution in [3.8, 4) is 11.3 Å². The van der Waals surface area contributed by atoms with Gasteiger partial charge in [0.15, 0.2) is 5.13 Å². The number of carbonyl (C=O) groups is 1. The van der Waals surface area contributed by atoms with E-state index in [0.29, 0.717) is 5.13 Å². The lowest BCUT2D eigenvalue weighted by molar-refractivity contribution is -0.115. The molecule has 0 fully saturated rings. The highest BCUT2D eigenvalue weighted by Crippen LogP contribution is 2.30. The summed E-state index contributed by atoms with van der Waals surface area (Å²) in [6, 6.07) is 8.52. The fourth-order valence-corrected chi connectivity index (χ4v) is 4.12. The number of carbonyl (C=O) groups excluding carboxylic acids is 1. The van der Waals surface area contributed by atoms with Crippen molar-refractivity contribution in [2.45, 2.75) is 40.0 Å². The second kappa shape index (κ2) is 7.89. The van der Waals surface area contributed by atoms with E-state index in [9.17, 15) is 4.79 Å². The largest absolute Gasteiger partial charge is 0.302 e. The van der Waals surface area contributed by atoms with Crippen LogP contribution in [0.25, 0.3) is 11.3 Å². The molecule has 0 saturated heterocycles. The molecule has 1 aromatic carbocycles. The molecule has 6 heteroatoms. The van der Waals surface area contributed by atoms with E-state index in [-0.39, 0.29) is 12.3 Å². The first-order valence-corrected chi connectivity index (χ1v) is 10.0. The molecule has 0 bridgehead atoms. The average molecular weight is 372 g/mol. The van der Waals surface area contributed by atoms with Gasteiger partial charge in [0.2, 0.25) is 5.91 Å². The number of aromatic nitrogens is 2. The number of thiazole rings is 2. The molecule has 0 spiro atoms. The molecule has 0 atom stereocenters. The van der Waals surface area contributed by atoms with Crippen LogP contribution in [0.5, 0.6) is 0 Å². The van der Waals surface area contributed by atoms with Crippen molar-refractivity contribution < 1.29 is 4.79 Å². The molecule has 130 valence electrons. The van der Waals surface area contributed by atoms with Crippen molar-refractivity contribution >= 4 is 33.7 Å². The molecule has 3 rings (SSSR count). The van der Waals surface area contributed by atoms with Crippen LogP contribution in [-0.2, 0) is 17.6 Å². The van der Waals surface area contributed by atoms with Crippen LogP contribution in [0.3, 0.4) is 0 Å². The Morgan fingerprint density at radius 1 is 1.16 bits per heavy atom. The van der Waals surface area contributed by atoms with Crippen molar-refractivity contribution in [1.82, 2.24) is 9.97 Å². The number of nitrogens with zero attached hydrogens (tertiary/aromatic N) is 2. The standard InChI is InChI=1S/C19H21N3OS2/c1-4-5-14-6-8-15(9-7-14)18-12(2)25-19(22-18)21-17(23)10-16-11-24-13(3)20-16/h6-9,11H,4-5,10H2,1-3H3,(H,21,22,23). The highest BCUT2D eigenvalue weighted by molar-refractivity contribution is 7.16. The van der Waals surface area contributed by atoms with Crippen LogP contribution in [0.2, 0.25) is 0 Å². The third kappa shape index (κ3) is 4.52. The number of hydrogen-bond acceptors (Lipinski definition) is 5. The van der Waals surface area contributed by atoms with E-state index in [4.69, 9.17) is 0 Å². The topological polar surface area (TPSA) is 54.9 Å². The molecule has 0 aliphatic heterocycles. The first kappa shape index (κ1) is 17.8. The highest BCUT2D eigenvalue weighted by Gasteiger charge is 2.13. The van der Waals surface area contributed by atoms with Crippen LogP contribution in [0, 0.1) is 13.8 Å². The summed E-state index contributed by atoms with van der Waals surface area (Å²) >= 11 is 3.06. The van der Waals surface area contributed by atoms with E-state index in [1.165, 1.54) is 16.9 Å². The van der Waals surface area contributed by atoms with Crippen LogP contribution in [0.15, 0.2) is 29.6 Å². The molecule has 4 nitrogen and oxygen atoms in total. The maximum absolute atomic E-state index is 12.2. The average Bonchev–Trinajstić information content (AvgIpc) is 3.14. The minimum atomic E-state index is -0.0797. The lowest BCUT2D eigenvalue weighted by Gasteiger charge is -2.02. The molecule has 0 saturated carbocycles. The van der Waals surface area contributed by atoms with E-state index in [1.807, 2.05) is 19.2 Å². The summed E-state index contributed by atoms with van der Waals surface area (Å²) in [7, 11) is 0. The fourth-order valence-electron chi connectivity index (χ4n) is 2.65. The maximum atomic E-state index is 12.2. The van der Waals surface area contributed by atoms with Crippen molar-refractivity contribution in [3.63, 3.8) is 0 Å². The van der Waals surface area contributed by atoms with Crippen LogP contribution in [0.1, 0.15) is 34.5 Å².